The Kier molecular flexibility index (Phi) is 9.75. The van der Waals surface area contributed by atoms with Crippen LogP contribution < -0.4 is 4.57 Å². The standard InChI is InChI=1S/C29H38N4O7S/c1-29(2)23-12-8-19-32(17-5-3-4-14-27(36)40-33-25(34)15-16-26(33)35)28(23)30-24(29)13-6-10-22-11-7-18-31(22)20-9-21-41(37,38)39/h6,8,10,12-13,19H,3-5,7,9,11,14-18,20-21H2,1-2H3/p+1. The third-order valence-corrected chi connectivity index (χ3v) is 8.51. The smallest absolute Gasteiger partial charge is 0.333 e. The maximum Gasteiger partial charge on any atom is 0.333 e. The van der Waals surface area contributed by atoms with Crippen molar-refractivity contribution in [2.24, 2.45) is 4.99 Å². The summed E-state index contributed by atoms with van der Waals surface area (Å²) in [5, 5.41) is 0.589. The van der Waals surface area contributed by atoms with E-state index in [0.717, 1.165) is 61.6 Å². The van der Waals surface area contributed by atoms with Crippen molar-refractivity contribution in [1.29, 1.82) is 0 Å². The molecule has 3 aliphatic rings. The molecule has 2 fully saturated rings. The monoisotopic (exact) mass is 587 g/mol. The maximum atomic E-state index is 12.0. The lowest BCUT2D eigenvalue weighted by molar-refractivity contribution is -0.684. The molecule has 0 bridgehead atoms. The molecular formula is C29H39N4O7S+. The minimum absolute atomic E-state index is 0.0832. The Morgan fingerprint density at radius 1 is 1.15 bits per heavy atom. The number of hydrogen-bond acceptors (Lipinski definition) is 8. The van der Waals surface area contributed by atoms with Crippen molar-refractivity contribution < 1.29 is 36.8 Å². The Morgan fingerprint density at radius 2 is 1.90 bits per heavy atom. The van der Waals surface area contributed by atoms with E-state index in [9.17, 15) is 22.8 Å². The summed E-state index contributed by atoms with van der Waals surface area (Å²) in [6.45, 7) is 6.51. The third-order valence-electron chi connectivity index (χ3n) is 7.70. The van der Waals surface area contributed by atoms with Gasteiger partial charge < -0.3 is 9.74 Å². The van der Waals surface area contributed by atoms with E-state index in [1.165, 1.54) is 0 Å². The fourth-order valence-electron chi connectivity index (χ4n) is 5.39. The van der Waals surface area contributed by atoms with Crippen molar-refractivity contribution in [3.8, 4) is 0 Å². The van der Waals surface area contributed by atoms with Gasteiger partial charge in [-0.3, -0.25) is 14.1 Å². The van der Waals surface area contributed by atoms with Crippen molar-refractivity contribution in [3.63, 3.8) is 0 Å². The van der Waals surface area contributed by atoms with Crippen LogP contribution in [0.25, 0.3) is 0 Å². The minimum atomic E-state index is -3.94. The Labute approximate surface area is 241 Å². The van der Waals surface area contributed by atoms with Gasteiger partial charge in [0.25, 0.3) is 21.9 Å². The van der Waals surface area contributed by atoms with Crippen molar-refractivity contribution in [2.75, 3.05) is 18.8 Å². The second-order valence-electron chi connectivity index (χ2n) is 11.2. The van der Waals surface area contributed by atoms with Gasteiger partial charge in [-0.05, 0) is 81.6 Å². The number of allylic oxidation sites excluding steroid dienone is 4. The average Bonchev–Trinajstić information content (AvgIpc) is 3.56. The van der Waals surface area contributed by atoms with Crippen molar-refractivity contribution in [2.45, 2.75) is 83.6 Å². The summed E-state index contributed by atoms with van der Waals surface area (Å²) in [5.41, 5.74) is 2.98. The Bertz CT molecular complexity index is 1370. The zero-order chi connectivity index (χ0) is 29.6. The first-order chi connectivity index (χ1) is 19.5. The summed E-state index contributed by atoms with van der Waals surface area (Å²) < 4.78 is 33.2. The number of amides is 2. The topological polar surface area (TPSA) is 138 Å². The summed E-state index contributed by atoms with van der Waals surface area (Å²) in [7, 11) is -3.94. The van der Waals surface area contributed by atoms with Gasteiger partial charge in [-0.25, -0.2) is 9.36 Å². The van der Waals surface area contributed by atoms with Crippen LogP contribution in [0, 0.1) is 0 Å². The second-order valence-corrected chi connectivity index (χ2v) is 12.7. The molecule has 3 aliphatic heterocycles. The number of carbonyl (C=O) groups is 3. The molecule has 0 aliphatic carbocycles. The fourth-order valence-corrected chi connectivity index (χ4v) is 5.89. The van der Waals surface area contributed by atoms with E-state index < -0.39 is 27.9 Å². The minimum Gasteiger partial charge on any atom is -0.375 e. The van der Waals surface area contributed by atoms with Crippen molar-refractivity contribution >= 4 is 39.4 Å². The highest BCUT2D eigenvalue weighted by Crippen LogP contribution is 2.38. The number of fused-ring (bicyclic) bond motifs is 1. The molecule has 41 heavy (non-hydrogen) atoms. The molecule has 0 atom stereocenters. The predicted octanol–water partition coefficient (Wildman–Crippen LogP) is 3.32. The van der Waals surface area contributed by atoms with E-state index in [1.54, 1.807) is 0 Å². The summed E-state index contributed by atoms with van der Waals surface area (Å²) in [6, 6.07) is 4.12. The first-order valence-electron chi connectivity index (χ1n) is 14.2. The van der Waals surface area contributed by atoms with Gasteiger partial charge in [0.05, 0.1) is 29.5 Å². The molecule has 0 spiro atoms. The van der Waals surface area contributed by atoms with Crippen LogP contribution in [0.3, 0.4) is 0 Å². The molecule has 1 N–H and O–H groups in total. The molecule has 11 nitrogen and oxygen atoms in total. The van der Waals surface area contributed by atoms with E-state index in [2.05, 4.69) is 35.5 Å². The number of likely N-dealkylation sites (tertiary alicyclic amines) is 1. The van der Waals surface area contributed by atoms with Gasteiger partial charge in [-0.15, -0.1) is 5.06 Å². The molecule has 2 amide bonds. The van der Waals surface area contributed by atoms with Gasteiger partial charge in [0.1, 0.15) is 0 Å². The summed E-state index contributed by atoms with van der Waals surface area (Å²) >= 11 is 0. The SMILES string of the molecule is CC1(C)C(C=CC=C2CCCN2CCCS(=O)(=O)O)=Nc2c1ccc[n+]2CCCCCC(=O)ON1C(=O)CCC1=O. The van der Waals surface area contributed by atoms with E-state index >= 15 is 0 Å². The van der Waals surface area contributed by atoms with E-state index in [0.29, 0.717) is 24.4 Å². The van der Waals surface area contributed by atoms with Crippen LogP contribution in [0.15, 0.2) is 47.2 Å². The zero-order valence-corrected chi connectivity index (χ0v) is 24.6. The molecule has 0 aromatic carbocycles. The van der Waals surface area contributed by atoms with Crippen molar-refractivity contribution in [3.05, 3.63) is 47.8 Å². The molecule has 0 radical (unpaired) electrons. The molecular weight excluding hydrogens is 548 g/mol. The number of pyridine rings is 1. The summed E-state index contributed by atoms with van der Waals surface area (Å²) in [4.78, 5) is 47.3. The van der Waals surface area contributed by atoms with Crippen LogP contribution >= 0.6 is 0 Å². The van der Waals surface area contributed by atoms with Gasteiger partial charge >= 0.3 is 11.8 Å². The number of unbranched alkanes of at least 4 members (excludes halogenated alkanes) is 2. The van der Waals surface area contributed by atoms with Gasteiger partial charge in [-0.1, -0.05) is 6.08 Å². The quantitative estimate of drug-likeness (QED) is 0.161. The molecule has 12 heteroatoms. The molecule has 1 aromatic heterocycles. The van der Waals surface area contributed by atoms with Gasteiger partial charge in [0.2, 0.25) is 0 Å². The fraction of sp³-hybridized carbons (Fsp3) is 0.552. The predicted molar refractivity (Wildman–Crippen MR) is 151 cm³/mol. The highest BCUT2D eigenvalue weighted by atomic mass is 32.2. The highest BCUT2D eigenvalue weighted by molar-refractivity contribution is 7.85. The largest absolute Gasteiger partial charge is 0.375 e. The number of nitrogens with zero attached hydrogens (tertiary/aromatic N) is 4. The maximum absolute atomic E-state index is 12.0. The average molecular weight is 588 g/mol. The lowest BCUT2D eigenvalue weighted by atomic mass is 9.82. The van der Waals surface area contributed by atoms with Crippen LogP contribution in [0.4, 0.5) is 5.82 Å². The van der Waals surface area contributed by atoms with Gasteiger partial charge in [0, 0.05) is 38.0 Å². The van der Waals surface area contributed by atoms with Crippen LogP contribution in [0.2, 0.25) is 0 Å². The molecule has 2 saturated heterocycles. The molecule has 1 aromatic rings. The Morgan fingerprint density at radius 3 is 2.63 bits per heavy atom. The number of aliphatic imine (C=N–C) groups is 1. The zero-order valence-electron chi connectivity index (χ0n) is 23.8. The van der Waals surface area contributed by atoms with Crippen molar-refractivity contribution in [1.82, 2.24) is 9.96 Å². The third kappa shape index (κ3) is 7.88. The second kappa shape index (κ2) is 13.1. The molecule has 4 rings (SSSR count). The summed E-state index contributed by atoms with van der Waals surface area (Å²) in [5.74, 6) is -0.824. The molecule has 4 heterocycles. The van der Waals surface area contributed by atoms with E-state index in [1.807, 2.05) is 24.4 Å². The Hall–Kier alpha value is -3.38. The number of hydroxylamine groups is 2. The number of hydrogen-bond donors (Lipinski definition) is 1. The van der Waals surface area contributed by atoms with E-state index in [-0.39, 0.29) is 30.4 Å². The molecule has 0 saturated carbocycles. The molecule has 222 valence electrons. The van der Waals surface area contributed by atoms with Crippen LogP contribution in [0.1, 0.15) is 77.2 Å². The Balaban J connectivity index is 1.30. The highest BCUT2D eigenvalue weighted by Gasteiger charge is 2.41. The normalized spacial score (nSPS) is 19.5. The van der Waals surface area contributed by atoms with Gasteiger partial charge in [0.15, 0.2) is 5.71 Å². The lowest BCUT2D eigenvalue weighted by Crippen LogP contribution is -2.35. The number of carbonyl (C=O) groups excluding carboxylic acids is 3. The number of imide groups is 1. The lowest BCUT2D eigenvalue weighted by Gasteiger charge is -2.19. The number of aromatic nitrogens is 1. The van der Waals surface area contributed by atoms with Crippen LogP contribution in [0.5, 0.6) is 0 Å². The van der Waals surface area contributed by atoms with Crippen LogP contribution in [-0.4, -0.2) is 65.3 Å². The first kappa shape index (κ1) is 30.6. The first-order valence-corrected chi connectivity index (χ1v) is 15.8. The van der Waals surface area contributed by atoms with E-state index in [4.69, 9.17) is 14.4 Å². The molecule has 0 unspecified atom stereocenters. The van der Waals surface area contributed by atoms with Crippen LogP contribution in [-0.2, 0) is 41.3 Å². The number of aryl methyl sites for hydroxylation is 1. The number of rotatable bonds is 13. The summed E-state index contributed by atoms with van der Waals surface area (Å²) in [6.07, 6.45) is 13.0. The van der Waals surface area contributed by atoms with Gasteiger partial charge in [-0.2, -0.15) is 8.42 Å².